The van der Waals surface area contributed by atoms with Crippen molar-refractivity contribution in [2.24, 2.45) is 5.92 Å². The smallest absolute Gasteiger partial charge is 0.150 e. The third kappa shape index (κ3) is 4.75. The van der Waals surface area contributed by atoms with E-state index in [0.29, 0.717) is 12.3 Å². The lowest BCUT2D eigenvalue weighted by Gasteiger charge is -2.14. The predicted molar refractivity (Wildman–Crippen MR) is 70.7 cm³/mol. The molecule has 0 spiro atoms. The summed E-state index contributed by atoms with van der Waals surface area (Å²) in [4.78, 5) is 11.5. The van der Waals surface area contributed by atoms with Gasteiger partial charge in [-0.2, -0.15) is 0 Å². The van der Waals surface area contributed by atoms with Crippen molar-refractivity contribution in [2.75, 3.05) is 6.54 Å². The number of rotatable bonds is 5. The second-order valence-corrected chi connectivity index (χ2v) is 5.25. The summed E-state index contributed by atoms with van der Waals surface area (Å²) in [5.74, 6) is 0.415. The lowest BCUT2D eigenvalue weighted by molar-refractivity contribution is -0.121. The first-order chi connectivity index (χ1) is 7.09. The van der Waals surface area contributed by atoms with E-state index in [1.807, 2.05) is 35.2 Å². The number of Topliss-reactive ketones (excluding diaryl/α,β-unsaturated/α-hetero) is 1. The summed E-state index contributed by atoms with van der Waals surface area (Å²) in [5.41, 5.74) is 1.24. The summed E-state index contributed by atoms with van der Waals surface area (Å²) >= 11 is 2.21. The fraction of sp³-hybridized carbons (Fsp3) is 0.417. The summed E-state index contributed by atoms with van der Waals surface area (Å²) in [5, 5.41) is 0. The van der Waals surface area contributed by atoms with Gasteiger partial charge in [0.1, 0.15) is 5.78 Å². The van der Waals surface area contributed by atoms with Gasteiger partial charge in [-0.3, -0.25) is 4.79 Å². The molecule has 82 valence electrons. The SMILES string of the molecule is CC(C)C(=O)CN(I)Cc1ccccc1. The van der Waals surface area contributed by atoms with E-state index in [0.717, 1.165) is 6.54 Å². The van der Waals surface area contributed by atoms with E-state index in [1.165, 1.54) is 5.56 Å². The summed E-state index contributed by atoms with van der Waals surface area (Å²) in [6.45, 7) is 5.22. The molecule has 0 unspecified atom stereocenters. The highest BCUT2D eigenvalue weighted by Crippen LogP contribution is 2.10. The van der Waals surface area contributed by atoms with Crippen LogP contribution in [-0.4, -0.2) is 15.4 Å². The quantitative estimate of drug-likeness (QED) is 0.614. The third-order valence-corrected chi connectivity index (χ3v) is 2.85. The molecule has 0 saturated heterocycles. The van der Waals surface area contributed by atoms with Gasteiger partial charge in [-0.05, 0) is 5.56 Å². The molecular weight excluding hydrogens is 301 g/mol. The molecule has 0 radical (unpaired) electrons. The first kappa shape index (κ1) is 12.6. The molecule has 0 heterocycles. The number of hydrogen-bond donors (Lipinski definition) is 0. The van der Waals surface area contributed by atoms with Crippen molar-refractivity contribution in [2.45, 2.75) is 20.4 Å². The molecule has 0 N–H and O–H groups in total. The molecule has 1 aromatic carbocycles. The van der Waals surface area contributed by atoms with E-state index in [4.69, 9.17) is 0 Å². The van der Waals surface area contributed by atoms with Crippen LogP contribution >= 0.6 is 22.9 Å². The number of benzene rings is 1. The fourth-order valence-electron chi connectivity index (χ4n) is 1.19. The molecule has 0 aliphatic heterocycles. The summed E-state index contributed by atoms with van der Waals surface area (Å²) in [6.07, 6.45) is 0. The van der Waals surface area contributed by atoms with Crippen molar-refractivity contribution in [1.29, 1.82) is 0 Å². The number of nitrogens with zero attached hydrogens (tertiary/aromatic N) is 1. The molecule has 0 bridgehead atoms. The van der Waals surface area contributed by atoms with Crippen LogP contribution in [0.3, 0.4) is 0 Å². The van der Waals surface area contributed by atoms with Crippen molar-refractivity contribution in [3.8, 4) is 0 Å². The van der Waals surface area contributed by atoms with Gasteiger partial charge in [0.2, 0.25) is 0 Å². The van der Waals surface area contributed by atoms with Gasteiger partial charge >= 0.3 is 0 Å². The Morgan fingerprint density at radius 2 is 1.93 bits per heavy atom. The van der Waals surface area contributed by atoms with Gasteiger partial charge in [-0.1, -0.05) is 44.2 Å². The second kappa shape index (κ2) is 6.23. The van der Waals surface area contributed by atoms with Gasteiger partial charge in [-0.15, -0.1) is 0 Å². The molecule has 0 aromatic heterocycles. The summed E-state index contributed by atoms with van der Waals surface area (Å²) < 4.78 is 2.02. The van der Waals surface area contributed by atoms with Crippen LogP contribution in [0.5, 0.6) is 0 Å². The Bertz CT molecular complexity index is 311. The summed E-state index contributed by atoms with van der Waals surface area (Å²) in [6, 6.07) is 10.2. The number of halogens is 1. The first-order valence-electron chi connectivity index (χ1n) is 5.07. The zero-order valence-electron chi connectivity index (χ0n) is 9.11. The highest BCUT2D eigenvalue weighted by Gasteiger charge is 2.11. The van der Waals surface area contributed by atoms with E-state index in [-0.39, 0.29) is 5.92 Å². The standard InChI is InChI=1S/C12H16INO/c1-10(2)12(15)9-14(13)8-11-6-4-3-5-7-11/h3-7,10H,8-9H2,1-2H3. The zero-order chi connectivity index (χ0) is 11.3. The van der Waals surface area contributed by atoms with Crippen LogP contribution in [0.2, 0.25) is 0 Å². The van der Waals surface area contributed by atoms with Crippen LogP contribution in [0.25, 0.3) is 0 Å². The number of hydrogen-bond acceptors (Lipinski definition) is 2. The number of carbonyl (C=O) groups is 1. The zero-order valence-corrected chi connectivity index (χ0v) is 11.3. The maximum atomic E-state index is 11.5. The van der Waals surface area contributed by atoms with Crippen LogP contribution in [0.1, 0.15) is 19.4 Å². The minimum atomic E-state index is 0.123. The molecule has 0 fully saturated rings. The lowest BCUT2D eigenvalue weighted by Crippen LogP contribution is -2.23. The van der Waals surface area contributed by atoms with Crippen LogP contribution in [-0.2, 0) is 11.3 Å². The van der Waals surface area contributed by atoms with Crippen molar-refractivity contribution < 1.29 is 4.79 Å². The summed E-state index contributed by atoms with van der Waals surface area (Å²) in [7, 11) is 0. The molecule has 3 heteroatoms. The van der Waals surface area contributed by atoms with Crippen LogP contribution < -0.4 is 0 Å². The Labute approximate surface area is 105 Å². The van der Waals surface area contributed by atoms with Gasteiger partial charge in [0.05, 0.1) is 6.54 Å². The molecule has 0 aliphatic carbocycles. The van der Waals surface area contributed by atoms with Crippen LogP contribution in [0, 0.1) is 5.92 Å². The average molecular weight is 317 g/mol. The molecular formula is C12H16INO. The van der Waals surface area contributed by atoms with Crippen molar-refractivity contribution in [3.05, 3.63) is 35.9 Å². The molecule has 15 heavy (non-hydrogen) atoms. The van der Waals surface area contributed by atoms with E-state index in [1.54, 1.807) is 0 Å². The lowest BCUT2D eigenvalue weighted by atomic mass is 10.1. The van der Waals surface area contributed by atoms with Gasteiger partial charge in [-0.25, -0.2) is 3.11 Å². The van der Waals surface area contributed by atoms with Gasteiger partial charge < -0.3 is 0 Å². The van der Waals surface area contributed by atoms with Gasteiger partial charge in [0, 0.05) is 35.3 Å². The predicted octanol–water partition coefficient (Wildman–Crippen LogP) is 3.06. The minimum absolute atomic E-state index is 0.123. The van der Waals surface area contributed by atoms with Crippen LogP contribution in [0.15, 0.2) is 30.3 Å². The Balaban J connectivity index is 2.43. The third-order valence-electron chi connectivity index (χ3n) is 2.17. The fourth-order valence-corrected chi connectivity index (χ4v) is 1.92. The van der Waals surface area contributed by atoms with Gasteiger partial charge in [0.25, 0.3) is 0 Å². The Morgan fingerprint density at radius 3 is 2.47 bits per heavy atom. The first-order valence-corrected chi connectivity index (χ1v) is 6.03. The number of carbonyl (C=O) groups excluding carboxylic acids is 1. The Morgan fingerprint density at radius 1 is 1.33 bits per heavy atom. The van der Waals surface area contributed by atoms with Crippen LogP contribution in [0.4, 0.5) is 0 Å². The molecule has 1 aromatic rings. The average Bonchev–Trinajstić information content (AvgIpc) is 2.18. The molecule has 0 amide bonds. The van der Waals surface area contributed by atoms with Crippen molar-refractivity contribution >= 4 is 28.6 Å². The second-order valence-electron chi connectivity index (χ2n) is 3.89. The maximum absolute atomic E-state index is 11.5. The molecule has 0 aliphatic rings. The topological polar surface area (TPSA) is 20.3 Å². The monoisotopic (exact) mass is 317 g/mol. The molecule has 0 atom stereocenters. The van der Waals surface area contributed by atoms with E-state index < -0.39 is 0 Å². The maximum Gasteiger partial charge on any atom is 0.150 e. The molecule has 1 rings (SSSR count). The minimum Gasteiger partial charge on any atom is -0.298 e. The highest BCUT2D eigenvalue weighted by molar-refractivity contribution is 14.1. The molecule has 2 nitrogen and oxygen atoms in total. The number of ketones is 1. The normalized spacial score (nSPS) is 11.0. The van der Waals surface area contributed by atoms with Crippen molar-refractivity contribution in [3.63, 3.8) is 0 Å². The van der Waals surface area contributed by atoms with E-state index >= 15 is 0 Å². The van der Waals surface area contributed by atoms with Crippen molar-refractivity contribution in [1.82, 2.24) is 3.11 Å². The Hall–Kier alpha value is -0.420. The largest absolute Gasteiger partial charge is 0.298 e. The highest BCUT2D eigenvalue weighted by atomic mass is 127. The van der Waals surface area contributed by atoms with Gasteiger partial charge in [0.15, 0.2) is 0 Å². The Kier molecular flexibility index (Phi) is 5.25. The van der Waals surface area contributed by atoms with E-state index in [2.05, 4.69) is 35.0 Å². The molecule has 0 saturated carbocycles. The van der Waals surface area contributed by atoms with E-state index in [9.17, 15) is 4.79 Å².